The monoisotopic (exact) mass is 342 g/mol. The first-order chi connectivity index (χ1) is 12.6. The second kappa shape index (κ2) is 6.44. The van der Waals surface area contributed by atoms with E-state index in [-0.39, 0.29) is 5.91 Å². The molecule has 5 nitrogen and oxygen atoms in total. The molecule has 4 aromatic rings. The average Bonchev–Trinajstić information content (AvgIpc) is 3.01. The van der Waals surface area contributed by atoms with Gasteiger partial charge in [0, 0.05) is 17.0 Å². The zero-order valence-corrected chi connectivity index (χ0v) is 14.6. The van der Waals surface area contributed by atoms with Gasteiger partial charge in [0.05, 0.1) is 11.2 Å². The number of para-hydroxylation sites is 1. The number of pyridine rings is 1. The summed E-state index contributed by atoms with van der Waals surface area (Å²) >= 11 is 0. The maximum Gasteiger partial charge on any atom is 0.257 e. The molecular formula is C21H18N4O. The Balaban J connectivity index is 1.72. The Morgan fingerprint density at radius 2 is 1.73 bits per heavy atom. The van der Waals surface area contributed by atoms with Gasteiger partial charge in [0.1, 0.15) is 5.82 Å². The zero-order chi connectivity index (χ0) is 18.1. The molecule has 4 rings (SSSR count). The van der Waals surface area contributed by atoms with Crippen LogP contribution in [0.15, 0.2) is 66.7 Å². The number of hydrogen-bond acceptors (Lipinski definition) is 3. The first-order valence-corrected chi connectivity index (χ1v) is 8.41. The van der Waals surface area contributed by atoms with Crippen LogP contribution >= 0.6 is 0 Å². The summed E-state index contributed by atoms with van der Waals surface area (Å²) in [6.45, 7) is 3.81. The fourth-order valence-corrected chi connectivity index (χ4v) is 2.95. The smallest absolute Gasteiger partial charge is 0.257 e. The maximum absolute atomic E-state index is 12.7. The zero-order valence-electron chi connectivity index (χ0n) is 14.6. The van der Waals surface area contributed by atoms with Crippen LogP contribution < -0.4 is 5.32 Å². The maximum atomic E-state index is 12.7. The molecule has 1 N–H and O–H groups in total. The molecule has 0 fully saturated rings. The van der Waals surface area contributed by atoms with Gasteiger partial charge >= 0.3 is 0 Å². The van der Waals surface area contributed by atoms with E-state index in [1.807, 2.05) is 80.6 Å². The number of hydrogen-bond donors (Lipinski definition) is 1. The van der Waals surface area contributed by atoms with E-state index in [2.05, 4.69) is 15.4 Å². The van der Waals surface area contributed by atoms with Crippen LogP contribution in [0.2, 0.25) is 0 Å². The van der Waals surface area contributed by atoms with Gasteiger partial charge in [-0.05, 0) is 43.7 Å². The van der Waals surface area contributed by atoms with E-state index in [1.165, 1.54) is 0 Å². The molecule has 26 heavy (non-hydrogen) atoms. The van der Waals surface area contributed by atoms with E-state index in [0.717, 1.165) is 22.2 Å². The number of aryl methyl sites for hydroxylation is 2. The van der Waals surface area contributed by atoms with Crippen molar-refractivity contribution in [3.05, 3.63) is 83.6 Å². The molecule has 0 saturated carbocycles. The third-order valence-corrected chi connectivity index (χ3v) is 4.26. The Morgan fingerprint density at radius 3 is 2.58 bits per heavy atom. The first kappa shape index (κ1) is 16.0. The number of nitrogens with zero attached hydrogens (tertiary/aromatic N) is 3. The van der Waals surface area contributed by atoms with Crippen LogP contribution in [0.4, 0.5) is 5.82 Å². The molecule has 0 radical (unpaired) electrons. The molecule has 0 aliphatic rings. The van der Waals surface area contributed by atoms with Gasteiger partial charge in [-0.2, -0.15) is 9.78 Å². The molecule has 0 aliphatic carbocycles. The van der Waals surface area contributed by atoms with Crippen LogP contribution in [0, 0.1) is 13.8 Å². The van der Waals surface area contributed by atoms with Crippen molar-refractivity contribution in [2.24, 2.45) is 0 Å². The number of nitrogens with one attached hydrogen (secondary N) is 1. The van der Waals surface area contributed by atoms with E-state index in [1.54, 1.807) is 4.68 Å². The second-order valence-electron chi connectivity index (χ2n) is 6.21. The van der Waals surface area contributed by atoms with E-state index in [0.29, 0.717) is 17.2 Å². The number of fused-ring (bicyclic) bond motifs is 1. The molecule has 0 atom stereocenters. The van der Waals surface area contributed by atoms with Crippen molar-refractivity contribution in [1.29, 1.82) is 0 Å². The van der Waals surface area contributed by atoms with E-state index < -0.39 is 0 Å². The Kier molecular flexibility index (Phi) is 3.97. The fraction of sp³-hybridized carbons (Fsp3) is 0.0952. The topological polar surface area (TPSA) is 59.8 Å². The van der Waals surface area contributed by atoms with Crippen molar-refractivity contribution in [1.82, 2.24) is 14.8 Å². The number of anilines is 1. The molecule has 0 bridgehead atoms. The first-order valence-electron chi connectivity index (χ1n) is 8.41. The van der Waals surface area contributed by atoms with Crippen molar-refractivity contribution in [2.45, 2.75) is 13.8 Å². The minimum Gasteiger partial charge on any atom is -0.306 e. The Labute approximate surface area is 151 Å². The molecule has 2 aromatic heterocycles. The summed E-state index contributed by atoms with van der Waals surface area (Å²) in [5, 5.41) is 8.51. The highest BCUT2D eigenvalue weighted by atomic mass is 16.1. The molecule has 0 spiro atoms. The van der Waals surface area contributed by atoms with E-state index in [4.69, 9.17) is 0 Å². The van der Waals surface area contributed by atoms with Gasteiger partial charge in [0.25, 0.3) is 5.91 Å². The summed E-state index contributed by atoms with van der Waals surface area (Å²) in [7, 11) is 0. The number of rotatable bonds is 3. The van der Waals surface area contributed by atoms with Crippen molar-refractivity contribution in [3.63, 3.8) is 0 Å². The van der Waals surface area contributed by atoms with Crippen LogP contribution in [0.3, 0.4) is 0 Å². The van der Waals surface area contributed by atoms with Crippen molar-refractivity contribution in [3.8, 4) is 5.82 Å². The van der Waals surface area contributed by atoms with Gasteiger partial charge in [-0.3, -0.25) is 4.79 Å². The minimum atomic E-state index is -0.162. The molecule has 0 aliphatic heterocycles. The number of carbonyl (C=O) groups excluding carboxylic acids is 1. The molecule has 0 saturated heterocycles. The molecule has 128 valence electrons. The number of carbonyl (C=O) groups is 1. The Bertz CT molecular complexity index is 1110. The standard InChI is InChI=1S/C21H18N4O/c1-14-7-3-5-9-17(14)21(26)23-20-13-15(2)24-25(20)19-12-11-16-8-4-6-10-18(16)22-19/h3-13H,1-2H3,(H,23,26). The fourth-order valence-electron chi connectivity index (χ4n) is 2.95. The number of amides is 1. The summed E-state index contributed by atoms with van der Waals surface area (Å²) in [5.41, 5.74) is 3.26. The Hall–Kier alpha value is -3.47. The summed E-state index contributed by atoms with van der Waals surface area (Å²) in [4.78, 5) is 17.3. The van der Waals surface area contributed by atoms with Gasteiger partial charge in [-0.15, -0.1) is 0 Å². The summed E-state index contributed by atoms with van der Waals surface area (Å²) < 4.78 is 1.66. The lowest BCUT2D eigenvalue weighted by Gasteiger charge is -2.10. The molecular weight excluding hydrogens is 324 g/mol. The Morgan fingerprint density at radius 1 is 0.962 bits per heavy atom. The van der Waals surface area contributed by atoms with Gasteiger partial charge in [0.2, 0.25) is 0 Å². The average molecular weight is 342 g/mol. The lowest BCUT2D eigenvalue weighted by Crippen LogP contribution is -2.16. The van der Waals surface area contributed by atoms with Gasteiger partial charge in [0.15, 0.2) is 5.82 Å². The predicted molar refractivity (Wildman–Crippen MR) is 103 cm³/mol. The predicted octanol–water partition coefficient (Wildman–Crippen LogP) is 4.29. The van der Waals surface area contributed by atoms with Crippen LogP contribution in [0.25, 0.3) is 16.7 Å². The number of aromatic nitrogens is 3. The molecule has 1 amide bonds. The highest BCUT2D eigenvalue weighted by Gasteiger charge is 2.14. The molecule has 2 aromatic carbocycles. The normalized spacial score (nSPS) is 10.8. The second-order valence-corrected chi connectivity index (χ2v) is 6.21. The SMILES string of the molecule is Cc1cc(NC(=O)c2ccccc2C)n(-c2ccc3ccccc3n2)n1. The number of benzene rings is 2. The van der Waals surface area contributed by atoms with Crippen molar-refractivity contribution >= 4 is 22.6 Å². The van der Waals surface area contributed by atoms with Crippen LogP contribution in [0.5, 0.6) is 0 Å². The summed E-state index contributed by atoms with van der Waals surface area (Å²) in [5.74, 6) is 1.10. The van der Waals surface area contributed by atoms with Crippen LogP contribution in [-0.4, -0.2) is 20.7 Å². The third-order valence-electron chi connectivity index (χ3n) is 4.26. The van der Waals surface area contributed by atoms with Gasteiger partial charge in [-0.25, -0.2) is 4.98 Å². The van der Waals surface area contributed by atoms with Gasteiger partial charge < -0.3 is 5.32 Å². The van der Waals surface area contributed by atoms with Gasteiger partial charge in [-0.1, -0.05) is 36.4 Å². The lowest BCUT2D eigenvalue weighted by atomic mass is 10.1. The van der Waals surface area contributed by atoms with Crippen molar-refractivity contribution in [2.75, 3.05) is 5.32 Å². The summed E-state index contributed by atoms with van der Waals surface area (Å²) in [6.07, 6.45) is 0. The van der Waals surface area contributed by atoms with Crippen LogP contribution in [-0.2, 0) is 0 Å². The summed E-state index contributed by atoms with van der Waals surface area (Å²) in [6, 6.07) is 21.2. The molecule has 0 unspecified atom stereocenters. The highest BCUT2D eigenvalue weighted by Crippen LogP contribution is 2.20. The lowest BCUT2D eigenvalue weighted by molar-refractivity contribution is 0.102. The van der Waals surface area contributed by atoms with Crippen LogP contribution in [0.1, 0.15) is 21.6 Å². The minimum absolute atomic E-state index is 0.162. The highest BCUT2D eigenvalue weighted by molar-refractivity contribution is 6.05. The molecule has 2 heterocycles. The van der Waals surface area contributed by atoms with Crippen molar-refractivity contribution < 1.29 is 4.79 Å². The third kappa shape index (κ3) is 2.95. The van der Waals surface area contributed by atoms with E-state index in [9.17, 15) is 4.79 Å². The molecule has 5 heteroatoms. The largest absolute Gasteiger partial charge is 0.306 e. The quantitative estimate of drug-likeness (QED) is 0.604. The van der Waals surface area contributed by atoms with E-state index >= 15 is 0 Å².